The fraction of sp³-hybridized carbons (Fsp3) is 0.429. The third kappa shape index (κ3) is 6.08. The van der Waals surface area contributed by atoms with Gasteiger partial charge >= 0.3 is 5.97 Å². The van der Waals surface area contributed by atoms with Gasteiger partial charge in [0.1, 0.15) is 6.04 Å². The molecule has 1 rings (SSSR count). The Labute approximate surface area is 122 Å². The maximum absolute atomic E-state index is 11.7. The summed E-state index contributed by atoms with van der Waals surface area (Å²) in [6.45, 7) is 2.12. The number of amides is 1. The van der Waals surface area contributed by atoms with E-state index in [1.807, 2.05) is 24.3 Å². The molecule has 1 amide bonds. The largest absolute Gasteiger partial charge is 0.480 e. The molecule has 0 aliphatic rings. The fourth-order valence-electron chi connectivity index (χ4n) is 1.59. The summed E-state index contributed by atoms with van der Waals surface area (Å²) >= 11 is 1.21. The van der Waals surface area contributed by atoms with Crippen LogP contribution in [0.3, 0.4) is 0 Å². The number of hydrogen-bond acceptors (Lipinski definition) is 4. The van der Waals surface area contributed by atoms with Gasteiger partial charge in [-0.2, -0.15) is 0 Å². The minimum Gasteiger partial charge on any atom is -0.480 e. The van der Waals surface area contributed by atoms with Crippen LogP contribution in [0.2, 0.25) is 0 Å². The highest BCUT2D eigenvalue weighted by molar-refractivity contribution is 8.00. The zero-order chi connectivity index (χ0) is 15.0. The van der Waals surface area contributed by atoms with E-state index < -0.39 is 12.0 Å². The van der Waals surface area contributed by atoms with Gasteiger partial charge in [0.05, 0.1) is 5.75 Å². The number of thioether (sulfide) groups is 1. The molecule has 1 atom stereocenters. The van der Waals surface area contributed by atoms with E-state index in [0.717, 1.165) is 18.5 Å². The highest BCUT2D eigenvalue weighted by Crippen LogP contribution is 2.12. The summed E-state index contributed by atoms with van der Waals surface area (Å²) < 4.78 is 0. The van der Waals surface area contributed by atoms with E-state index in [0.29, 0.717) is 0 Å². The first-order valence-corrected chi connectivity index (χ1v) is 7.63. The van der Waals surface area contributed by atoms with E-state index in [2.05, 4.69) is 12.2 Å². The summed E-state index contributed by atoms with van der Waals surface area (Å²) in [6.07, 6.45) is 2.11. The van der Waals surface area contributed by atoms with Gasteiger partial charge in [0.15, 0.2) is 0 Å². The zero-order valence-electron chi connectivity index (χ0n) is 11.5. The molecule has 110 valence electrons. The Hall–Kier alpha value is -1.53. The number of hydrogen-bond donors (Lipinski definition) is 3. The van der Waals surface area contributed by atoms with Crippen molar-refractivity contribution in [3.8, 4) is 0 Å². The molecule has 0 spiro atoms. The summed E-state index contributed by atoms with van der Waals surface area (Å²) in [5.74, 6) is -0.796. The first kappa shape index (κ1) is 16.5. The van der Waals surface area contributed by atoms with Gasteiger partial charge in [-0.3, -0.25) is 9.59 Å². The van der Waals surface area contributed by atoms with E-state index in [1.165, 1.54) is 17.3 Å². The van der Waals surface area contributed by atoms with E-state index in [4.69, 9.17) is 10.8 Å². The van der Waals surface area contributed by atoms with Gasteiger partial charge in [0.2, 0.25) is 5.91 Å². The van der Waals surface area contributed by atoms with Crippen molar-refractivity contribution in [3.05, 3.63) is 29.8 Å². The van der Waals surface area contributed by atoms with Crippen molar-refractivity contribution in [3.63, 3.8) is 0 Å². The third-order valence-electron chi connectivity index (χ3n) is 2.62. The van der Waals surface area contributed by atoms with Crippen LogP contribution >= 0.6 is 11.8 Å². The lowest BCUT2D eigenvalue weighted by Crippen LogP contribution is -2.33. The maximum atomic E-state index is 11.7. The second kappa shape index (κ2) is 8.60. The minimum atomic E-state index is -1.05. The van der Waals surface area contributed by atoms with E-state index in [1.54, 1.807) is 0 Å². The van der Waals surface area contributed by atoms with Crippen LogP contribution in [0.1, 0.15) is 18.9 Å². The number of carboxylic acid groups (broad SMARTS) is 1. The second-order valence-corrected chi connectivity index (χ2v) is 5.49. The highest BCUT2D eigenvalue weighted by atomic mass is 32.2. The van der Waals surface area contributed by atoms with Crippen LogP contribution in [0.4, 0.5) is 5.69 Å². The number of aliphatic carboxylic acids is 1. The van der Waals surface area contributed by atoms with Crippen molar-refractivity contribution < 1.29 is 14.7 Å². The van der Waals surface area contributed by atoms with Gasteiger partial charge in [0.25, 0.3) is 0 Å². The minimum absolute atomic E-state index is 0.157. The molecule has 4 N–H and O–H groups in total. The molecule has 0 aromatic heterocycles. The van der Waals surface area contributed by atoms with Crippen molar-refractivity contribution in [1.29, 1.82) is 0 Å². The van der Waals surface area contributed by atoms with Crippen LogP contribution in [0.15, 0.2) is 24.3 Å². The molecule has 0 aliphatic heterocycles. The molecular formula is C14H20N2O3S. The van der Waals surface area contributed by atoms with Crippen LogP contribution in [-0.2, 0) is 16.0 Å². The maximum Gasteiger partial charge on any atom is 0.321 e. The molecule has 0 radical (unpaired) electrons. The van der Waals surface area contributed by atoms with Gasteiger partial charge < -0.3 is 16.2 Å². The molecule has 1 aromatic carbocycles. The average Bonchev–Trinajstić information content (AvgIpc) is 2.41. The van der Waals surface area contributed by atoms with E-state index in [-0.39, 0.29) is 17.4 Å². The van der Waals surface area contributed by atoms with E-state index >= 15 is 0 Å². The molecule has 20 heavy (non-hydrogen) atoms. The standard InChI is InChI=1S/C14H20N2O3S/c1-2-3-10-4-6-11(7-5-10)16-13(17)9-20-8-12(15)14(18)19/h4-7,12H,2-3,8-9,15H2,1H3,(H,16,17)(H,18,19). The molecule has 6 heteroatoms. The number of nitrogens with two attached hydrogens (primary N) is 1. The molecule has 0 heterocycles. The Morgan fingerprint density at radius 2 is 2.00 bits per heavy atom. The zero-order valence-corrected chi connectivity index (χ0v) is 12.3. The normalized spacial score (nSPS) is 11.9. The van der Waals surface area contributed by atoms with Crippen molar-refractivity contribution in [2.24, 2.45) is 5.73 Å². The van der Waals surface area contributed by atoms with Crippen LogP contribution in [0.25, 0.3) is 0 Å². The first-order valence-electron chi connectivity index (χ1n) is 6.48. The number of carboxylic acids is 1. The van der Waals surface area contributed by atoms with Crippen molar-refractivity contribution in [2.45, 2.75) is 25.8 Å². The first-order chi connectivity index (χ1) is 9.52. The van der Waals surface area contributed by atoms with Crippen LogP contribution in [0.5, 0.6) is 0 Å². The molecular weight excluding hydrogens is 276 g/mol. The number of anilines is 1. The predicted molar refractivity (Wildman–Crippen MR) is 82.0 cm³/mol. The van der Waals surface area contributed by atoms with Gasteiger partial charge in [-0.1, -0.05) is 25.5 Å². The van der Waals surface area contributed by atoms with Crippen LogP contribution < -0.4 is 11.1 Å². The Kier molecular flexibility index (Phi) is 7.11. The molecule has 0 saturated carbocycles. The summed E-state index contributed by atoms with van der Waals surface area (Å²) in [5, 5.41) is 11.4. The monoisotopic (exact) mass is 296 g/mol. The number of benzene rings is 1. The Morgan fingerprint density at radius 3 is 2.55 bits per heavy atom. The summed E-state index contributed by atoms with van der Waals surface area (Å²) in [4.78, 5) is 22.2. The molecule has 0 bridgehead atoms. The van der Waals surface area contributed by atoms with Gasteiger partial charge in [0, 0.05) is 11.4 Å². The summed E-state index contributed by atoms with van der Waals surface area (Å²) in [6, 6.07) is 6.80. The number of aryl methyl sites for hydroxylation is 1. The molecule has 0 aliphatic carbocycles. The van der Waals surface area contributed by atoms with Crippen molar-refractivity contribution >= 4 is 29.3 Å². The van der Waals surface area contributed by atoms with E-state index in [9.17, 15) is 9.59 Å². The van der Waals surface area contributed by atoms with Gasteiger partial charge in [-0.15, -0.1) is 11.8 Å². The lowest BCUT2D eigenvalue weighted by Gasteiger charge is -2.08. The highest BCUT2D eigenvalue weighted by Gasteiger charge is 2.12. The predicted octanol–water partition coefficient (Wildman–Crippen LogP) is 1.72. The van der Waals surface area contributed by atoms with Crippen molar-refractivity contribution in [2.75, 3.05) is 16.8 Å². The lowest BCUT2D eigenvalue weighted by atomic mass is 10.1. The fourth-order valence-corrected chi connectivity index (χ4v) is 2.36. The van der Waals surface area contributed by atoms with Gasteiger partial charge in [-0.25, -0.2) is 0 Å². The Morgan fingerprint density at radius 1 is 1.35 bits per heavy atom. The topological polar surface area (TPSA) is 92.4 Å². The molecule has 0 fully saturated rings. The number of carbonyl (C=O) groups is 2. The third-order valence-corrected chi connectivity index (χ3v) is 3.69. The summed E-state index contributed by atoms with van der Waals surface area (Å²) in [5.41, 5.74) is 7.34. The number of nitrogens with one attached hydrogen (secondary N) is 1. The molecule has 1 unspecified atom stereocenters. The summed E-state index contributed by atoms with van der Waals surface area (Å²) in [7, 11) is 0. The lowest BCUT2D eigenvalue weighted by molar-refractivity contribution is -0.137. The Bertz CT molecular complexity index is 448. The number of carbonyl (C=O) groups excluding carboxylic acids is 1. The Balaban J connectivity index is 2.33. The van der Waals surface area contributed by atoms with Gasteiger partial charge in [-0.05, 0) is 24.1 Å². The quantitative estimate of drug-likeness (QED) is 0.679. The second-order valence-electron chi connectivity index (χ2n) is 4.45. The smallest absolute Gasteiger partial charge is 0.321 e. The molecule has 1 aromatic rings. The SMILES string of the molecule is CCCc1ccc(NC(=O)CSCC(N)C(=O)O)cc1. The van der Waals surface area contributed by atoms with Crippen molar-refractivity contribution in [1.82, 2.24) is 0 Å². The average molecular weight is 296 g/mol. The molecule has 0 saturated heterocycles. The number of rotatable bonds is 8. The van der Waals surface area contributed by atoms with Crippen LogP contribution in [-0.4, -0.2) is 34.5 Å². The molecule has 5 nitrogen and oxygen atoms in total. The van der Waals surface area contributed by atoms with Crippen LogP contribution in [0, 0.1) is 0 Å².